The topological polar surface area (TPSA) is 85.4 Å². The van der Waals surface area contributed by atoms with Gasteiger partial charge in [0.2, 0.25) is 11.5 Å². The number of rotatable bonds is 4. The third-order valence-electron chi connectivity index (χ3n) is 6.20. The smallest absolute Gasteiger partial charge is 0.424 e. The van der Waals surface area contributed by atoms with Crippen LogP contribution in [0.25, 0.3) is 11.4 Å². The lowest BCUT2D eigenvalue weighted by Gasteiger charge is -2.38. The monoisotopic (exact) mass is 479 g/mol. The number of likely N-dealkylation sites (tertiary alicyclic amines) is 1. The standard InChI is InChI=1S/C22H21F4N5O3/c1-12-9-30-16(17-8-27-20(31(12)17)21(2,33)22(24,25)26)7-18(28-30)34-15-10-29(11-15)19(32)13-3-5-14(23)6-4-13/h3-8,12,15,33H,9-11H2,1-2H3/t12-,21+/m0/s1. The number of nitrogens with zero attached hydrogens (tertiary/aromatic N) is 5. The zero-order valence-corrected chi connectivity index (χ0v) is 18.3. The fourth-order valence-corrected chi connectivity index (χ4v) is 4.24. The summed E-state index contributed by atoms with van der Waals surface area (Å²) in [5.74, 6) is -0.855. The van der Waals surface area contributed by atoms with Crippen LogP contribution in [0.1, 0.15) is 36.1 Å². The second-order valence-corrected chi connectivity index (χ2v) is 8.76. The van der Waals surface area contributed by atoms with E-state index in [2.05, 4.69) is 10.1 Å². The van der Waals surface area contributed by atoms with Gasteiger partial charge in [-0.25, -0.2) is 9.37 Å². The predicted molar refractivity (Wildman–Crippen MR) is 111 cm³/mol. The van der Waals surface area contributed by atoms with E-state index in [4.69, 9.17) is 4.74 Å². The molecule has 1 aromatic carbocycles. The number of carbonyl (C=O) groups excluding carboxylic acids is 1. The molecule has 2 aliphatic rings. The van der Waals surface area contributed by atoms with Crippen molar-refractivity contribution in [3.63, 3.8) is 0 Å². The molecule has 0 aliphatic carbocycles. The number of hydrogen-bond donors (Lipinski definition) is 1. The summed E-state index contributed by atoms with van der Waals surface area (Å²) in [5.41, 5.74) is -1.82. The Morgan fingerprint density at radius 1 is 1.15 bits per heavy atom. The molecule has 2 aliphatic heterocycles. The van der Waals surface area contributed by atoms with Crippen molar-refractivity contribution in [2.24, 2.45) is 0 Å². The van der Waals surface area contributed by atoms with Crippen LogP contribution in [0.5, 0.6) is 5.88 Å². The molecule has 5 rings (SSSR count). The average Bonchev–Trinajstić information content (AvgIpc) is 3.34. The molecule has 1 fully saturated rings. The van der Waals surface area contributed by atoms with Gasteiger partial charge >= 0.3 is 6.18 Å². The Kier molecular flexibility index (Phi) is 4.97. The number of amides is 1. The number of hydrogen-bond acceptors (Lipinski definition) is 5. The van der Waals surface area contributed by atoms with Crippen LogP contribution in [0.3, 0.4) is 0 Å². The highest BCUT2D eigenvalue weighted by molar-refractivity contribution is 5.94. The van der Waals surface area contributed by atoms with E-state index in [1.807, 2.05) is 0 Å². The summed E-state index contributed by atoms with van der Waals surface area (Å²) in [6.07, 6.45) is -3.90. The minimum absolute atomic E-state index is 0.231. The normalized spacial score (nSPS) is 19.7. The van der Waals surface area contributed by atoms with E-state index in [1.165, 1.54) is 35.0 Å². The number of fused-ring (bicyclic) bond motifs is 3. The molecule has 1 saturated heterocycles. The maximum atomic E-state index is 13.4. The second kappa shape index (κ2) is 7.55. The van der Waals surface area contributed by atoms with Crippen LogP contribution in [0, 0.1) is 5.82 Å². The van der Waals surface area contributed by atoms with Crippen molar-refractivity contribution in [1.29, 1.82) is 0 Å². The van der Waals surface area contributed by atoms with Crippen molar-refractivity contribution in [2.75, 3.05) is 13.1 Å². The number of aromatic nitrogens is 4. The maximum absolute atomic E-state index is 13.4. The first-order valence-electron chi connectivity index (χ1n) is 10.6. The summed E-state index contributed by atoms with van der Waals surface area (Å²) in [6, 6.07) is 6.46. The molecule has 3 aromatic rings. The van der Waals surface area contributed by atoms with Crippen LogP contribution in [0.15, 0.2) is 36.5 Å². The predicted octanol–water partition coefficient (Wildman–Crippen LogP) is 3.13. The summed E-state index contributed by atoms with van der Waals surface area (Å²) in [4.78, 5) is 17.9. The molecular formula is C22H21F4N5O3. The van der Waals surface area contributed by atoms with Crippen molar-refractivity contribution >= 4 is 5.91 Å². The summed E-state index contributed by atoms with van der Waals surface area (Å²) in [7, 11) is 0. The Bertz CT molecular complexity index is 1240. The lowest BCUT2D eigenvalue weighted by atomic mass is 10.0. The first kappa shape index (κ1) is 22.4. The molecule has 0 bridgehead atoms. The molecule has 0 saturated carbocycles. The van der Waals surface area contributed by atoms with Gasteiger partial charge in [-0.15, -0.1) is 5.10 Å². The quantitative estimate of drug-likeness (QED) is 0.582. The number of benzene rings is 1. The summed E-state index contributed by atoms with van der Waals surface area (Å²) >= 11 is 0. The van der Waals surface area contributed by atoms with E-state index in [1.54, 1.807) is 22.6 Å². The van der Waals surface area contributed by atoms with Crippen LogP contribution in [0.4, 0.5) is 17.6 Å². The number of alkyl halides is 3. The summed E-state index contributed by atoms with van der Waals surface area (Å²) in [5, 5.41) is 14.6. The molecule has 180 valence electrons. The second-order valence-electron chi connectivity index (χ2n) is 8.76. The first-order valence-corrected chi connectivity index (χ1v) is 10.6. The number of aliphatic hydroxyl groups is 1. The van der Waals surface area contributed by atoms with Gasteiger partial charge in [0.15, 0.2) is 5.82 Å². The van der Waals surface area contributed by atoms with Gasteiger partial charge in [0, 0.05) is 11.6 Å². The van der Waals surface area contributed by atoms with Gasteiger partial charge in [0.1, 0.15) is 11.9 Å². The van der Waals surface area contributed by atoms with Crippen molar-refractivity contribution in [3.8, 4) is 17.3 Å². The molecule has 8 nitrogen and oxygen atoms in total. The van der Waals surface area contributed by atoms with Crippen LogP contribution >= 0.6 is 0 Å². The van der Waals surface area contributed by atoms with E-state index in [-0.39, 0.29) is 24.4 Å². The first-order chi connectivity index (χ1) is 16.0. The Balaban J connectivity index is 1.31. The zero-order chi connectivity index (χ0) is 24.4. The van der Waals surface area contributed by atoms with E-state index in [0.29, 0.717) is 37.0 Å². The van der Waals surface area contributed by atoms with Gasteiger partial charge in [-0.3, -0.25) is 9.48 Å². The molecule has 1 N–H and O–H groups in total. The van der Waals surface area contributed by atoms with Crippen LogP contribution < -0.4 is 4.74 Å². The highest BCUT2D eigenvalue weighted by Crippen LogP contribution is 2.42. The molecule has 0 spiro atoms. The van der Waals surface area contributed by atoms with Gasteiger partial charge in [-0.2, -0.15) is 13.2 Å². The Morgan fingerprint density at radius 2 is 1.82 bits per heavy atom. The van der Waals surface area contributed by atoms with Crippen molar-refractivity contribution < 1.29 is 32.2 Å². The van der Waals surface area contributed by atoms with Gasteiger partial charge in [0.05, 0.1) is 43.3 Å². The minimum Gasteiger partial charge on any atom is -0.469 e. The largest absolute Gasteiger partial charge is 0.469 e. The van der Waals surface area contributed by atoms with Crippen molar-refractivity contribution in [3.05, 3.63) is 53.7 Å². The number of halogens is 4. The third-order valence-corrected chi connectivity index (χ3v) is 6.20. The molecule has 1 amide bonds. The van der Waals surface area contributed by atoms with Crippen LogP contribution in [-0.2, 0) is 12.1 Å². The summed E-state index contributed by atoms with van der Waals surface area (Å²) in [6.45, 7) is 3.32. The molecule has 4 heterocycles. The molecule has 2 aromatic heterocycles. The molecule has 0 radical (unpaired) electrons. The van der Waals surface area contributed by atoms with Gasteiger partial charge < -0.3 is 19.3 Å². The number of carbonyl (C=O) groups is 1. The van der Waals surface area contributed by atoms with Crippen LogP contribution in [0.2, 0.25) is 0 Å². The Hall–Kier alpha value is -3.41. The highest BCUT2D eigenvalue weighted by atomic mass is 19.4. The number of imidazole rings is 1. The average molecular weight is 479 g/mol. The molecule has 34 heavy (non-hydrogen) atoms. The molecule has 2 atom stereocenters. The fourth-order valence-electron chi connectivity index (χ4n) is 4.24. The fraction of sp³-hybridized carbons (Fsp3) is 0.409. The van der Waals surface area contributed by atoms with Gasteiger partial charge in [0.25, 0.3) is 5.91 Å². The van der Waals surface area contributed by atoms with Crippen LogP contribution in [-0.4, -0.2) is 60.6 Å². The minimum atomic E-state index is -4.89. The van der Waals surface area contributed by atoms with Gasteiger partial charge in [-0.1, -0.05) is 0 Å². The number of ether oxygens (including phenoxy) is 1. The van der Waals surface area contributed by atoms with E-state index in [9.17, 15) is 27.5 Å². The summed E-state index contributed by atoms with van der Waals surface area (Å²) < 4.78 is 62.2. The van der Waals surface area contributed by atoms with E-state index in [0.717, 1.165) is 0 Å². The zero-order valence-electron chi connectivity index (χ0n) is 18.3. The lowest BCUT2D eigenvalue weighted by molar-refractivity contribution is -0.262. The van der Waals surface area contributed by atoms with E-state index < -0.39 is 29.5 Å². The van der Waals surface area contributed by atoms with Crippen molar-refractivity contribution in [2.45, 2.75) is 44.3 Å². The highest BCUT2D eigenvalue weighted by Gasteiger charge is 2.55. The third kappa shape index (κ3) is 3.52. The molecule has 0 unspecified atom stereocenters. The SMILES string of the molecule is C[C@H]1Cn2nc(OC3CN(C(=O)c4ccc(F)cc4)C3)cc2-c2cnc([C@@](C)(O)C(F)(F)F)n21. The van der Waals surface area contributed by atoms with Crippen molar-refractivity contribution in [1.82, 2.24) is 24.2 Å². The molecular weight excluding hydrogens is 458 g/mol. The lowest BCUT2D eigenvalue weighted by Crippen LogP contribution is -2.56. The maximum Gasteiger partial charge on any atom is 0.424 e. The Morgan fingerprint density at radius 3 is 2.47 bits per heavy atom. The van der Waals surface area contributed by atoms with Gasteiger partial charge in [-0.05, 0) is 38.1 Å². The van der Waals surface area contributed by atoms with E-state index >= 15 is 0 Å². The molecule has 12 heteroatoms. The Labute approximate surface area is 191 Å².